The first-order chi connectivity index (χ1) is 11.7. The van der Waals surface area contributed by atoms with Crippen LogP contribution < -0.4 is 4.90 Å². The number of fused-ring (bicyclic) bond motifs is 1. The number of anilines is 1. The monoisotopic (exact) mass is 320 g/mol. The molecule has 0 saturated carbocycles. The molecule has 2 aromatic carbocycles. The molecule has 0 spiro atoms. The number of oxime groups is 1. The second-order valence-corrected chi connectivity index (χ2v) is 5.52. The molecule has 6 nitrogen and oxygen atoms in total. The van der Waals surface area contributed by atoms with Crippen LogP contribution in [0.3, 0.4) is 0 Å². The summed E-state index contributed by atoms with van der Waals surface area (Å²) in [5, 5.41) is 3.72. The minimum absolute atomic E-state index is 0.0250. The molecule has 4 rings (SSSR count). The van der Waals surface area contributed by atoms with E-state index < -0.39 is 29.6 Å². The highest BCUT2D eigenvalue weighted by Gasteiger charge is 2.57. The standard InChI is InChI=1S/C18H12N2O4/c21-15(11-7-3-1-4-8-11)14-13-16(24-19-14)18(23)20(17(13)22)12-9-5-2-6-10-12/h1-10,13,16H/t13-,16-/m1/s1. The first-order valence-electron chi connectivity index (χ1n) is 7.45. The van der Waals surface area contributed by atoms with Gasteiger partial charge in [-0.25, -0.2) is 4.90 Å². The number of nitrogens with zero attached hydrogens (tertiary/aromatic N) is 2. The van der Waals surface area contributed by atoms with Crippen LogP contribution in [0.2, 0.25) is 0 Å². The van der Waals surface area contributed by atoms with Gasteiger partial charge in [0.1, 0.15) is 11.6 Å². The average molecular weight is 320 g/mol. The van der Waals surface area contributed by atoms with Gasteiger partial charge < -0.3 is 4.84 Å². The van der Waals surface area contributed by atoms with Crippen molar-refractivity contribution in [2.45, 2.75) is 6.10 Å². The van der Waals surface area contributed by atoms with Crippen LogP contribution in [0.25, 0.3) is 0 Å². The molecule has 0 N–H and O–H groups in total. The van der Waals surface area contributed by atoms with Crippen LogP contribution in [0, 0.1) is 5.92 Å². The number of Topliss-reactive ketones (excluding diaryl/α,β-unsaturated/α-hetero) is 1. The highest BCUT2D eigenvalue weighted by Crippen LogP contribution is 2.33. The lowest BCUT2D eigenvalue weighted by molar-refractivity contribution is -0.126. The number of rotatable bonds is 3. The van der Waals surface area contributed by atoms with Gasteiger partial charge in [0, 0.05) is 5.56 Å². The SMILES string of the molecule is O=C(C1=NO[C@H]2C(=O)N(c3ccccc3)C(=O)[C@H]12)c1ccccc1. The lowest BCUT2D eigenvalue weighted by Gasteiger charge is -2.14. The molecule has 2 aromatic rings. The quantitative estimate of drug-likeness (QED) is 0.638. The molecule has 1 saturated heterocycles. The van der Waals surface area contributed by atoms with E-state index in [9.17, 15) is 14.4 Å². The van der Waals surface area contributed by atoms with Gasteiger partial charge in [-0.05, 0) is 12.1 Å². The molecular weight excluding hydrogens is 308 g/mol. The summed E-state index contributed by atoms with van der Waals surface area (Å²) in [4.78, 5) is 44.0. The maximum absolute atomic E-state index is 12.7. The molecule has 24 heavy (non-hydrogen) atoms. The topological polar surface area (TPSA) is 76.0 Å². The van der Waals surface area contributed by atoms with Crippen LogP contribution in [0.4, 0.5) is 5.69 Å². The molecule has 0 aromatic heterocycles. The predicted molar refractivity (Wildman–Crippen MR) is 85.5 cm³/mol. The third-order valence-corrected chi connectivity index (χ3v) is 4.10. The Hall–Kier alpha value is -3.28. The molecule has 6 heteroatoms. The first-order valence-corrected chi connectivity index (χ1v) is 7.45. The predicted octanol–water partition coefficient (Wildman–Crippen LogP) is 1.81. The number of carbonyl (C=O) groups excluding carboxylic acids is 3. The van der Waals surface area contributed by atoms with Crippen LogP contribution in [0.1, 0.15) is 10.4 Å². The van der Waals surface area contributed by atoms with Gasteiger partial charge >= 0.3 is 0 Å². The highest BCUT2D eigenvalue weighted by atomic mass is 16.7. The van der Waals surface area contributed by atoms with E-state index in [2.05, 4.69) is 5.16 Å². The summed E-state index contributed by atoms with van der Waals surface area (Å²) < 4.78 is 0. The van der Waals surface area contributed by atoms with Crippen LogP contribution in [-0.4, -0.2) is 29.4 Å². The molecule has 0 bridgehead atoms. The van der Waals surface area contributed by atoms with Crippen LogP contribution >= 0.6 is 0 Å². The van der Waals surface area contributed by atoms with Crippen molar-refractivity contribution in [3.63, 3.8) is 0 Å². The maximum Gasteiger partial charge on any atom is 0.278 e. The smallest absolute Gasteiger partial charge is 0.278 e. The molecule has 2 aliphatic heterocycles. The minimum Gasteiger partial charge on any atom is -0.381 e. The second-order valence-electron chi connectivity index (χ2n) is 5.52. The van der Waals surface area contributed by atoms with Gasteiger partial charge in [0.2, 0.25) is 17.8 Å². The molecule has 2 aliphatic rings. The lowest BCUT2D eigenvalue weighted by Crippen LogP contribution is -2.34. The van der Waals surface area contributed by atoms with E-state index >= 15 is 0 Å². The Bertz CT molecular complexity index is 861. The van der Waals surface area contributed by atoms with E-state index in [1.807, 2.05) is 0 Å². The van der Waals surface area contributed by atoms with Gasteiger partial charge in [0.25, 0.3) is 5.91 Å². The van der Waals surface area contributed by atoms with Gasteiger partial charge in [-0.1, -0.05) is 53.7 Å². The molecule has 0 aliphatic carbocycles. The largest absolute Gasteiger partial charge is 0.381 e. The number of carbonyl (C=O) groups is 3. The zero-order chi connectivity index (χ0) is 16.7. The van der Waals surface area contributed by atoms with Crippen LogP contribution in [0.5, 0.6) is 0 Å². The summed E-state index contributed by atoms with van der Waals surface area (Å²) in [6, 6.07) is 17.1. The average Bonchev–Trinajstić information content (AvgIpc) is 3.17. The molecule has 2 atom stereocenters. The highest BCUT2D eigenvalue weighted by molar-refractivity contribution is 6.52. The lowest BCUT2D eigenvalue weighted by atomic mass is 9.93. The summed E-state index contributed by atoms with van der Waals surface area (Å²) >= 11 is 0. The fourth-order valence-electron chi connectivity index (χ4n) is 2.94. The van der Waals surface area contributed by atoms with E-state index in [4.69, 9.17) is 4.84 Å². The molecule has 0 radical (unpaired) electrons. The number of hydrogen-bond donors (Lipinski definition) is 0. The van der Waals surface area contributed by atoms with Crippen molar-refractivity contribution in [2.24, 2.45) is 11.1 Å². The minimum atomic E-state index is -1.07. The van der Waals surface area contributed by atoms with E-state index in [0.717, 1.165) is 4.90 Å². The Morgan fingerprint density at radius 2 is 1.54 bits per heavy atom. The Labute approximate surface area is 137 Å². The third-order valence-electron chi connectivity index (χ3n) is 4.10. The van der Waals surface area contributed by atoms with Gasteiger partial charge in [0.05, 0.1) is 5.69 Å². The molecule has 2 heterocycles. The van der Waals surface area contributed by atoms with Crippen LogP contribution in [-0.2, 0) is 14.4 Å². The van der Waals surface area contributed by atoms with E-state index in [1.54, 1.807) is 60.7 Å². The van der Waals surface area contributed by atoms with Crippen molar-refractivity contribution in [1.82, 2.24) is 0 Å². The van der Waals surface area contributed by atoms with E-state index in [1.165, 1.54) is 0 Å². The summed E-state index contributed by atoms with van der Waals surface area (Å²) in [7, 11) is 0. The Morgan fingerprint density at radius 3 is 2.21 bits per heavy atom. The van der Waals surface area contributed by atoms with Gasteiger partial charge in [-0.2, -0.15) is 0 Å². The van der Waals surface area contributed by atoms with Crippen molar-refractivity contribution in [3.05, 3.63) is 66.2 Å². The Kier molecular flexibility index (Phi) is 3.23. The van der Waals surface area contributed by atoms with E-state index in [0.29, 0.717) is 11.3 Å². The Balaban J connectivity index is 1.68. The van der Waals surface area contributed by atoms with Crippen molar-refractivity contribution in [3.8, 4) is 0 Å². The van der Waals surface area contributed by atoms with E-state index in [-0.39, 0.29) is 5.71 Å². The Morgan fingerprint density at radius 1 is 0.917 bits per heavy atom. The molecular formula is C18H12N2O4. The van der Waals surface area contributed by atoms with Gasteiger partial charge in [-0.3, -0.25) is 14.4 Å². The van der Waals surface area contributed by atoms with Crippen molar-refractivity contribution in [2.75, 3.05) is 4.90 Å². The number of para-hydroxylation sites is 1. The number of benzene rings is 2. The third kappa shape index (κ3) is 2.04. The number of amides is 2. The fourth-order valence-corrected chi connectivity index (χ4v) is 2.94. The summed E-state index contributed by atoms with van der Waals surface area (Å²) in [6.07, 6.45) is -1.07. The van der Waals surface area contributed by atoms with Gasteiger partial charge in [0.15, 0.2) is 0 Å². The van der Waals surface area contributed by atoms with Gasteiger partial charge in [-0.15, -0.1) is 0 Å². The fraction of sp³-hybridized carbons (Fsp3) is 0.111. The maximum atomic E-state index is 12.7. The molecule has 2 amide bonds. The second kappa shape index (κ2) is 5.42. The van der Waals surface area contributed by atoms with Crippen molar-refractivity contribution >= 4 is 29.0 Å². The molecule has 1 fully saturated rings. The zero-order valence-electron chi connectivity index (χ0n) is 12.5. The number of hydrogen-bond acceptors (Lipinski definition) is 5. The number of ketones is 1. The van der Waals surface area contributed by atoms with Crippen molar-refractivity contribution in [1.29, 1.82) is 0 Å². The molecule has 0 unspecified atom stereocenters. The van der Waals surface area contributed by atoms with Crippen molar-refractivity contribution < 1.29 is 19.2 Å². The zero-order valence-corrected chi connectivity index (χ0v) is 12.5. The van der Waals surface area contributed by atoms with Crippen LogP contribution in [0.15, 0.2) is 65.8 Å². The first kappa shape index (κ1) is 14.3. The summed E-state index contributed by atoms with van der Waals surface area (Å²) in [5.74, 6) is -2.39. The number of imide groups is 1. The normalized spacial score (nSPS) is 22.2. The summed E-state index contributed by atoms with van der Waals surface area (Å²) in [6.45, 7) is 0. The summed E-state index contributed by atoms with van der Waals surface area (Å²) in [5.41, 5.74) is 0.832. The molecule has 118 valence electrons.